The van der Waals surface area contributed by atoms with Gasteiger partial charge in [-0.2, -0.15) is 0 Å². The number of benzene rings is 1. The van der Waals surface area contributed by atoms with Crippen LogP contribution in [-0.4, -0.2) is 27.6 Å². The van der Waals surface area contributed by atoms with Gasteiger partial charge in [0.1, 0.15) is 5.75 Å². The summed E-state index contributed by atoms with van der Waals surface area (Å²) in [5.74, 6) is 1.26. The Morgan fingerprint density at radius 3 is 2.81 bits per heavy atom. The monoisotopic (exact) mass is 308 g/mol. The summed E-state index contributed by atoms with van der Waals surface area (Å²) >= 11 is 0. The first-order valence-electron chi connectivity index (χ1n) is 7.74. The summed E-state index contributed by atoms with van der Waals surface area (Å²) in [6.45, 7) is 4.62. The third-order valence-electron chi connectivity index (χ3n) is 4.02. The summed E-state index contributed by atoms with van der Waals surface area (Å²) in [7, 11) is -1.08. The molecule has 1 aromatic rings. The van der Waals surface area contributed by atoms with Crippen LogP contribution in [0.4, 0.5) is 0 Å². The molecule has 3 unspecified atom stereocenters. The van der Waals surface area contributed by atoms with Crippen LogP contribution >= 0.6 is 0 Å². The zero-order valence-electron chi connectivity index (χ0n) is 12.8. The van der Waals surface area contributed by atoms with E-state index in [9.17, 15) is 9.00 Å². The second-order valence-corrected chi connectivity index (χ2v) is 7.49. The molecule has 116 valence electrons. The van der Waals surface area contributed by atoms with Gasteiger partial charge in [-0.3, -0.25) is 9.00 Å². The minimum atomic E-state index is -1.08. The standard InChI is InChI=1S/C17H24O3S/c1-3-20-17-10-5-4-9-15(17)16(18)12-21(19)14-8-6-7-13(2)11-14/h4-5,9-10,13-14H,3,6-8,11-12H2,1-2H3. The van der Waals surface area contributed by atoms with Crippen LogP contribution < -0.4 is 4.74 Å². The summed E-state index contributed by atoms with van der Waals surface area (Å²) in [6.07, 6.45) is 4.31. The molecule has 0 spiro atoms. The Bertz CT molecular complexity index is 513. The Morgan fingerprint density at radius 2 is 2.10 bits per heavy atom. The lowest BCUT2D eigenvalue weighted by molar-refractivity contribution is 0.101. The van der Waals surface area contributed by atoms with Crippen LogP contribution in [0.3, 0.4) is 0 Å². The maximum atomic E-state index is 12.4. The van der Waals surface area contributed by atoms with Gasteiger partial charge in [-0.1, -0.05) is 31.9 Å². The van der Waals surface area contributed by atoms with Crippen LogP contribution in [0.15, 0.2) is 24.3 Å². The smallest absolute Gasteiger partial charge is 0.179 e. The van der Waals surface area contributed by atoms with Gasteiger partial charge in [-0.25, -0.2) is 0 Å². The maximum absolute atomic E-state index is 12.4. The molecule has 2 rings (SSSR count). The fourth-order valence-corrected chi connectivity index (χ4v) is 4.54. The van der Waals surface area contributed by atoms with E-state index in [0.29, 0.717) is 23.8 Å². The average molecular weight is 308 g/mol. The number of para-hydroxylation sites is 1. The second kappa shape index (κ2) is 7.74. The number of rotatable bonds is 6. The Labute approximate surface area is 129 Å². The van der Waals surface area contributed by atoms with Crippen LogP contribution in [0.5, 0.6) is 5.75 Å². The Morgan fingerprint density at radius 1 is 1.33 bits per heavy atom. The van der Waals surface area contributed by atoms with Gasteiger partial charge in [0.05, 0.1) is 17.9 Å². The largest absolute Gasteiger partial charge is 0.493 e. The van der Waals surface area contributed by atoms with Crippen molar-refractivity contribution in [3.63, 3.8) is 0 Å². The minimum absolute atomic E-state index is 0.0735. The minimum Gasteiger partial charge on any atom is -0.493 e. The van der Waals surface area contributed by atoms with Gasteiger partial charge in [0.2, 0.25) is 0 Å². The van der Waals surface area contributed by atoms with Crippen molar-refractivity contribution in [3.05, 3.63) is 29.8 Å². The number of carbonyl (C=O) groups excluding carboxylic acids is 1. The molecule has 0 saturated heterocycles. The molecule has 0 bridgehead atoms. The molecule has 1 aliphatic rings. The van der Waals surface area contributed by atoms with Gasteiger partial charge in [0, 0.05) is 16.0 Å². The topological polar surface area (TPSA) is 43.4 Å². The molecular formula is C17H24O3S. The van der Waals surface area contributed by atoms with Crippen molar-refractivity contribution in [1.29, 1.82) is 0 Å². The van der Waals surface area contributed by atoms with Crippen LogP contribution in [0.25, 0.3) is 0 Å². The molecule has 1 saturated carbocycles. The van der Waals surface area contributed by atoms with E-state index in [1.54, 1.807) is 12.1 Å². The average Bonchev–Trinajstić information content (AvgIpc) is 2.48. The highest BCUT2D eigenvalue weighted by atomic mass is 32.2. The SMILES string of the molecule is CCOc1ccccc1C(=O)CS(=O)C1CCCC(C)C1. The second-order valence-electron chi connectivity index (χ2n) is 5.77. The van der Waals surface area contributed by atoms with Crippen LogP contribution in [-0.2, 0) is 10.8 Å². The molecule has 1 aliphatic carbocycles. The third-order valence-corrected chi connectivity index (χ3v) is 5.74. The summed E-state index contributed by atoms with van der Waals surface area (Å²) in [5.41, 5.74) is 0.552. The zero-order valence-corrected chi connectivity index (χ0v) is 13.7. The number of hydrogen-bond acceptors (Lipinski definition) is 3. The number of hydrogen-bond donors (Lipinski definition) is 0. The lowest BCUT2D eigenvalue weighted by Crippen LogP contribution is -2.27. The first kappa shape index (κ1) is 16.2. The van der Waals surface area contributed by atoms with E-state index >= 15 is 0 Å². The molecular weight excluding hydrogens is 284 g/mol. The quantitative estimate of drug-likeness (QED) is 0.754. The highest BCUT2D eigenvalue weighted by Gasteiger charge is 2.26. The zero-order chi connectivity index (χ0) is 15.2. The normalized spacial score (nSPS) is 23.5. The van der Waals surface area contributed by atoms with Crippen molar-refractivity contribution < 1.29 is 13.7 Å². The van der Waals surface area contributed by atoms with E-state index in [2.05, 4.69) is 6.92 Å². The molecule has 1 aromatic carbocycles. The Balaban J connectivity index is 2.02. The van der Waals surface area contributed by atoms with E-state index in [1.807, 2.05) is 19.1 Å². The molecule has 4 heteroatoms. The number of carbonyl (C=O) groups is 1. The molecule has 3 atom stereocenters. The Kier molecular flexibility index (Phi) is 5.97. The lowest BCUT2D eigenvalue weighted by atomic mass is 9.91. The number of ketones is 1. The first-order valence-corrected chi connectivity index (χ1v) is 9.12. The van der Waals surface area contributed by atoms with Crippen LogP contribution in [0.2, 0.25) is 0 Å². The molecule has 0 radical (unpaired) electrons. The van der Waals surface area contributed by atoms with Gasteiger partial charge in [0.25, 0.3) is 0 Å². The van der Waals surface area contributed by atoms with E-state index in [4.69, 9.17) is 4.74 Å². The molecule has 0 amide bonds. The number of ether oxygens (including phenoxy) is 1. The van der Waals surface area contributed by atoms with Gasteiger partial charge >= 0.3 is 0 Å². The van der Waals surface area contributed by atoms with Crippen molar-refractivity contribution in [1.82, 2.24) is 0 Å². The Hall–Kier alpha value is -1.16. The lowest BCUT2D eigenvalue weighted by Gasteiger charge is -2.25. The van der Waals surface area contributed by atoms with Crippen molar-refractivity contribution in [2.24, 2.45) is 5.92 Å². The van der Waals surface area contributed by atoms with Crippen molar-refractivity contribution >= 4 is 16.6 Å². The van der Waals surface area contributed by atoms with Crippen molar-refractivity contribution in [2.45, 2.75) is 44.8 Å². The summed E-state index contributed by atoms with van der Waals surface area (Å²) in [5, 5.41) is 0.178. The first-order chi connectivity index (χ1) is 10.1. The predicted molar refractivity (Wildman–Crippen MR) is 86.4 cm³/mol. The number of Topliss-reactive ketones (excluding diaryl/α,β-unsaturated/α-hetero) is 1. The molecule has 3 nitrogen and oxygen atoms in total. The molecule has 0 heterocycles. The highest BCUT2D eigenvalue weighted by Crippen LogP contribution is 2.28. The van der Waals surface area contributed by atoms with E-state index < -0.39 is 10.8 Å². The van der Waals surface area contributed by atoms with Crippen molar-refractivity contribution in [2.75, 3.05) is 12.4 Å². The molecule has 0 aliphatic heterocycles. The van der Waals surface area contributed by atoms with Crippen molar-refractivity contribution in [3.8, 4) is 5.75 Å². The van der Waals surface area contributed by atoms with Crippen LogP contribution in [0, 0.1) is 5.92 Å². The molecule has 0 N–H and O–H groups in total. The summed E-state index contributed by atoms with van der Waals surface area (Å²) in [4.78, 5) is 12.4. The van der Waals surface area contributed by atoms with E-state index in [0.717, 1.165) is 19.3 Å². The van der Waals surface area contributed by atoms with E-state index in [-0.39, 0.29) is 16.8 Å². The summed E-state index contributed by atoms with van der Waals surface area (Å²) in [6, 6.07) is 7.22. The fraction of sp³-hybridized carbons (Fsp3) is 0.588. The maximum Gasteiger partial charge on any atom is 0.179 e. The van der Waals surface area contributed by atoms with Gasteiger partial charge in [-0.15, -0.1) is 0 Å². The highest BCUT2D eigenvalue weighted by molar-refractivity contribution is 7.86. The predicted octanol–water partition coefficient (Wildman–Crippen LogP) is 3.60. The van der Waals surface area contributed by atoms with E-state index in [1.165, 1.54) is 6.42 Å². The third kappa shape index (κ3) is 4.40. The molecule has 0 aromatic heterocycles. The molecule has 21 heavy (non-hydrogen) atoms. The van der Waals surface area contributed by atoms with Gasteiger partial charge in [-0.05, 0) is 37.8 Å². The fourth-order valence-electron chi connectivity index (χ4n) is 2.92. The summed E-state index contributed by atoms with van der Waals surface area (Å²) < 4.78 is 17.9. The molecule has 1 fully saturated rings. The van der Waals surface area contributed by atoms with Crippen LogP contribution in [0.1, 0.15) is 49.9 Å². The van der Waals surface area contributed by atoms with Gasteiger partial charge < -0.3 is 4.74 Å². The van der Waals surface area contributed by atoms with Gasteiger partial charge in [0.15, 0.2) is 5.78 Å².